The zero-order chi connectivity index (χ0) is 22.2. The summed E-state index contributed by atoms with van der Waals surface area (Å²) in [6.07, 6.45) is 21.7. The molecule has 1 aromatic carbocycles. The summed E-state index contributed by atoms with van der Waals surface area (Å²) in [4.78, 5) is 4.94. The van der Waals surface area contributed by atoms with Crippen LogP contribution in [0, 0.1) is 0 Å². The van der Waals surface area contributed by atoms with E-state index in [0.717, 1.165) is 13.1 Å². The zero-order valence-electron chi connectivity index (χ0n) is 20.7. The van der Waals surface area contributed by atoms with E-state index in [9.17, 15) is 5.11 Å². The Kier molecular flexibility index (Phi) is 13.8. The third kappa shape index (κ3) is 9.04. The van der Waals surface area contributed by atoms with E-state index in [4.69, 9.17) is 0 Å². The fourth-order valence-corrected chi connectivity index (χ4v) is 5.01. The van der Waals surface area contributed by atoms with Crippen molar-refractivity contribution in [3.8, 4) is 0 Å². The van der Waals surface area contributed by atoms with Crippen LogP contribution in [-0.2, 0) is 0 Å². The number of hydrogen-bond donors (Lipinski definition) is 1. The van der Waals surface area contributed by atoms with E-state index < -0.39 is 0 Å². The number of hydrogen-bond acceptors (Lipinski definition) is 3. The third-order valence-electron chi connectivity index (χ3n) is 6.89. The molecule has 0 aliphatic carbocycles. The summed E-state index contributed by atoms with van der Waals surface area (Å²) in [6.45, 7) is 6.89. The van der Waals surface area contributed by atoms with Crippen molar-refractivity contribution in [2.75, 3.05) is 29.5 Å². The first-order chi connectivity index (χ1) is 15.3. The number of para-hydroxylation sites is 2. The highest BCUT2D eigenvalue weighted by molar-refractivity contribution is 5.77. The Bertz CT molecular complexity index is 515. The van der Waals surface area contributed by atoms with E-state index in [1.54, 1.807) is 0 Å². The first-order valence-corrected chi connectivity index (χ1v) is 13.6. The van der Waals surface area contributed by atoms with Crippen molar-refractivity contribution in [3.63, 3.8) is 0 Å². The number of aliphatic hydroxyl groups is 1. The van der Waals surface area contributed by atoms with Gasteiger partial charge in [0.1, 0.15) is 6.17 Å². The first-order valence-electron chi connectivity index (χ1n) is 13.6. The molecule has 3 nitrogen and oxygen atoms in total. The fourth-order valence-electron chi connectivity index (χ4n) is 5.01. The number of fused-ring (bicyclic) bond motifs is 1. The van der Waals surface area contributed by atoms with E-state index in [1.807, 2.05) is 0 Å². The lowest BCUT2D eigenvalue weighted by Gasteiger charge is -2.32. The molecule has 3 heteroatoms. The van der Waals surface area contributed by atoms with Crippen LogP contribution in [0.25, 0.3) is 0 Å². The molecule has 0 unspecified atom stereocenters. The number of rotatable bonds is 19. The molecule has 0 saturated carbocycles. The molecule has 178 valence electrons. The quantitative estimate of drug-likeness (QED) is 0.226. The number of benzene rings is 1. The third-order valence-corrected chi connectivity index (χ3v) is 6.89. The van der Waals surface area contributed by atoms with Crippen molar-refractivity contribution in [1.29, 1.82) is 0 Å². The van der Waals surface area contributed by atoms with E-state index >= 15 is 0 Å². The Morgan fingerprint density at radius 3 is 1.29 bits per heavy atom. The van der Waals surface area contributed by atoms with Crippen LogP contribution in [0.2, 0.25) is 0 Å². The van der Waals surface area contributed by atoms with Crippen molar-refractivity contribution in [2.45, 2.75) is 123 Å². The van der Waals surface area contributed by atoms with Crippen LogP contribution < -0.4 is 9.80 Å². The first kappa shape index (κ1) is 26.0. The average molecular weight is 431 g/mol. The summed E-state index contributed by atoms with van der Waals surface area (Å²) in [7, 11) is 0. The minimum Gasteiger partial charge on any atom is -0.392 e. The van der Waals surface area contributed by atoms with Crippen molar-refractivity contribution in [3.05, 3.63) is 24.3 Å². The van der Waals surface area contributed by atoms with Gasteiger partial charge in [-0.1, -0.05) is 116 Å². The van der Waals surface area contributed by atoms with E-state index in [-0.39, 0.29) is 12.8 Å². The second-order valence-electron chi connectivity index (χ2n) is 9.49. The molecule has 1 aromatic rings. The molecule has 0 spiro atoms. The normalized spacial score (nSPS) is 13.9. The second-order valence-corrected chi connectivity index (χ2v) is 9.49. The molecule has 0 amide bonds. The molecule has 2 rings (SSSR count). The topological polar surface area (TPSA) is 26.7 Å². The molecule has 0 atom stereocenters. The van der Waals surface area contributed by atoms with E-state index in [2.05, 4.69) is 47.9 Å². The molecule has 31 heavy (non-hydrogen) atoms. The Hall–Kier alpha value is -1.22. The van der Waals surface area contributed by atoms with Gasteiger partial charge in [0.15, 0.2) is 0 Å². The van der Waals surface area contributed by atoms with Gasteiger partial charge in [-0.05, 0) is 25.0 Å². The molecule has 0 bridgehead atoms. The maximum absolute atomic E-state index is 10.2. The Morgan fingerprint density at radius 1 is 0.581 bits per heavy atom. The van der Waals surface area contributed by atoms with Crippen LogP contribution >= 0.6 is 0 Å². The lowest BCUT2D eigenvalue weighted by Crippen LogP contribution is -2.46. The van der Waals surface area contributed by atoms with Crippen LogP contribution in [0.3, 0.4) is 0 Å². The van der Waals surface area contributed by atoms with Crippen molar-refractivity contribution in [2.24, 2.45) is 0 Å². The fraction of sp³-hybridized carbons (Fsp3) is 0.786. The monoisotopic (exact) mass is 430 g/mol. The summed E-state index contributed by atoms with van der Waals surface area (Å²) < 4.78 is 0. The van der Waals surface area contributed by atoms with Gasteiger partial charge in [-0.2, -0.15) is 0 Å². The zero-order valence-corrected chi connectivity index (χ0v) is 20.7. The maximum Gasteiger partial charge on any atom is 0.125 e. The van der Waals surface area contributed by atoms with E-state index in [1.165, 1.54) is 114 Å². The predicted molar refractivity (Wildman–Crippen MR) is 137 cm³/mol. The Balaban J connectivity index is 1.75. The highest BCUT2D eigenvalue weighted by Gasteiger charge is 2.34. The second kappa shape index (κ2) is 16.4. The molecule has 1 aliphatic rings. The van der Waals surface area contributed by atoms with Gasteiger partial charge >= 0.3 is 0 Å². The van der Waals surface area contributed by atoms with Gasteiger partial charge in [-0.3, -0.25) is 0 Å². The Morgan fingerprint density at radius 2 is 0.935 bits per heavy atom. The SMILES string of the molecule is CCCCCCCCCCN1c2ccccc2N(CCCCCCCCCC)C1CO. The van der Waals surface area contributed by atoms with Gasteiger partial charge in [0.25, 0.3) is 0 Å². The van der Waals surface area contributed by atoms with Gasteiger partial charge in [0.2, 0.25) is 0 Å². The Labute approximate surface area is 193 Å². The van der Waals surface area contributed by atoms with Crippen molar-refractivity contribution >= 4 is 11.4 Å². The van der Waals surface area contributed by atoms with Crippen LogP contribution in [0.15, 0.2) is 24.3 Å². The van der Waals surface area contributed by atoms with Gasteiger partial charge < -0.3 is 14.9 Å². The number of unbranched alkanes of at least 4 members (excludes halogenated alkanes) is 14. The van der Waals surface area contributed by atoms with Gasteiger partial charge in [-0.25, -0.2) is 0 Å². The number of aliphatic hydroxyl groups excluding tert-OH is 1. The van der Waals surface area contributed by atoms with Crippen molar-refractivity contribution < 1.29 is 5.11 Å². The molecule has 0 aromatic heterocycles. The standard InChI is InChI=1S/C28H50N2O/c1-3-5-7-9-11-13-15-19-23-29-26-21-17-18-22-27(26)30(28(29)25-31)24-20-16-14-12-10-8-6-4-2/h17-18,21-22,28,31H,3-16,19-20,23-25H2,1-2H3. The average Bonchev–Trinajstić information content (AvgIpc) is 3.10. The lowest BCUT2D eigenvalue weighted by molar-refractivity contribution is 0.257. The number of nitrogens with zero attached hydrogens (tertiary/aromatic N) is 2. The summed E-state index contributed by atoms with van der Waals surface area (Å²) >= 11 is 0. The van der Waals surface area contributed by atoms with Gasteiger partial charge in [-0.15, -0.1) is 0 Å². The number of anilines is 2. The minimum absolute atomic E-state index is 0.117. The van der Waals surface area contributed by atoms with E-state index in [0.29, 0.717) is 0 Å². The molecular weight excluding hydrogens is 380 g/mol. The smallest absolute Gasteiger partial charge is 0.125 e. The summed E-state index contributed by atoms with van der Waals surface area (Å²) in [6, 6.07) is 8.79. The molecule has 0 fully saturated rings. The highest BCUT2D eigenvalue weighted by Crippen LogP contribution is 2.39. The minimum atomic E-state index is 0.117. The summed E-state index contributed by atoms with van der Waals surface area (Å²) in [5.74, 6) is 0. The lowest BCUT2D eigenvalue weighted by atomic mass is 10.1. The molecular formula is C28H50N2O. The van der Waals surface area contributed by atoms with Crippen LogP contribution in [0.5, 0.6) is 0 Å². The molecule has 1 heterocycles. The molecule has 1 aliphatic heterocycles. The molecule has 0 radical (unpaired) electrons. The molecule has 1 N–H and O–H groups in total. The van der Waals surface area contributed by atoms with Crippen LogP contribution in [0.1, 0.15) is 117 Å². The summed E-state index contributed by atoms with van der Waals surface area (Å²) in [5, 5.41) is 10.2. The van der Waals surface area contributed by atoms with Crippen LogP contribution in [-0.4, -0.2) is 31.0 Å². The van der Waals surface area contributed by atoms with Crippen LogP contribution in [0.4, 0.5) is 11.4 Å². The maximum atomic E-state index is 10.2. The predicted octanol–water partition coefficient (Wildman–Crippen LogP) is 7.91. The summed E-state index contributed by atoms with van der Waals surface area (Å²) in [5.41, 5.74) is 2.65. The van der Waals surface area contributed by atoms with Crippen molar-refractivity contribution in [1.82, 2.24) is 0 Å². The highest BCUT2D eigenvalue weighted by atomic mass is 16.3. The molecule has 0 saturated heterocycles. The van der Waals surface area contributed by atoms with Gasteiger partial charge in [0, 0.05) is 13.1 Å². The van der Waals surface area contributed by atoms with Gasteiger partial charge in [0.05, 0.1) is 18.0 Å². The largest absolute Gasteiger partial charge is 0.392 e.